The van der Waals surface area contributed by atoms with Crippen LogP contribution in [0.15, 0.2) is 48.5 Å². The fraction of sp³-hybridized carbons (Fsp3) is 0.176. The zero-order valence-corrected chi connectivity index (χ0v) is 13.3. The average molecular weight is 334 g/mol. The molecule has 23 heavy (non-hydrogen) atoms. The van der Waals surface area contributed by atoms with Crippen LogP contribution in [-0.2, 0) is 16.1 Å². The molecule has 2 aromatic rings. The quantitative estimate of drug-likeness (QED) is 0.826. The van der Waals surface area contributed by atoms with E-state index in [0.717, 1.165) is 5.56 Å². The van der Waals surface area contributed by atoms with Crippen molar-refractivity contribution in [2.45, 2.75) is 6.54 Å². The van der Waals surface area contributed by atoms with Gasteiger partial charge in [0.15, 0.2) is 6.61 Å². The molecule has 2 aromatic carbocycles. The molecule has 0 bridgehead atoms. The first-order chi connectivity index (χ1) is 11.1. The Morgan fingerprint density at radius 2 is 1.70 bits per heavy atom. The van der Waals surface area contributed by atoms with Gasteiger partial charge in [0.2, 0.25) is 0 Å². The first kappa shape index (κ1) is 16.8. The standard InChI is InChI=1S/C17H16ClNO4/c1-22-15-8-4-13(5-9-15)17(21)23-11-16(20)19-10-12-2-6-14(18)7-3-12/h2-9H,10-11H2,1H3,(H,19,20). The Bertz CT molecular complexity index is 668. The summed E-state index contributed by atoms with van der Waals surface area (Å²) in [6, 6.07) is 13.6. The Balaban J connectivity index is 1.76. The van der Waals surface area contributed by atoms with Crippen LogP contribution in [0.2, 0.25) is 5.02 Å². The summed E-state index contributed by atoms with van der Waals surface area (Å²) >= 11 is 5.78. The molecule has 0 atom stereocenters. The van der Waals surface area contributed by atoms with Crippen LogP contribution in [0.25, 0.3) is 0 Å². The first-order valence-corrected chi connectivity index (χ1v) is 7.28. The minimum Gasteiger partial charge on any atom is -0.497 e. The van der Waals surface area contributed by atoms with Gasteiger partial charge in [-0.2, -0.15) is 0 Å². The number of rotatable bonds is 6. The van der Waals surface area contributed by atoms with E-state index in [-0.39, 0.29) is 12.5 Å². The molecular formula is C17H16ClNO4. The summed E-state index contributed by atoms with van der Waals surface area (Å²) in [7, 11) is 1.54. The predicted octanol–water partition coefficient (Wildman–Crippen LogP) is 2.82. The van der Waals surface area contributed by atoms with Gasteiger partial charge in [0.25, 0.3) is 5.91 Å². The molecule has 0 radical (unpaired) electrons. The Hall–Kier alpha value is -2.53. The van der Waals surface area contributed by atoms with Crippen molar-refractivity contribution in [3.05, 3.63) is 64.7 Å². The van der Waals surface area contributed by atoms with Gasteiger partial charge in [0.1, 0.15) is 5.75 Å². The Morgan fingerprint density at radius 1 is 1.04 bits per heavy atom. The van der Waals surface area contributed by atoms with Crippen LogP contribution in [-0.4, -0.2) is 25.6 Å². The van der Waals surface area contributed by atoms with Crippen molar-refractivity contribution in [2.24, 2.45) is 0 Å². The second-order valence-electron chi connectivity index (χ2n) is 4.71. The van der Waals surface area contributed by atoms with Gasteiger partial charge in [-0.3, -0.25) is 4.79 Å². The third-order valence-electron chi connectivity index (χ3n) is 3.06. The fourth-order valence-electron chi connectivity index (χ4n) is 1.80. The van der Waals surface area contributed by atoms with Crippen molar-refractivity contribution in [3.63, 3.8) is 0 Å². The van der Waals surface area contributed by atoms with Gasteiger partial charge < -0.3 is 14.8 Å². The molecule has 0 saturated heterocycles. The molecule has 0 aliphatic carbocycles. The minimum atomic E-state index is -0.561. The normalized spacial score (nSPS) is 10.0. The smallest absolute Gasteiger partial charge is 0.338 e. The average Bonchev–Trinajstić information content (AvgIpc) is 2.59. The van der Waals surface area contributed by atoms with Gasteiger partial charge in [-0.25, -0.2) is 4.79 Å². The second kappa shape index (κ2) is 8.19. The van der Waals surface area contributed by atoms with Crippen molar-refractivity contribution in [3.8, 4) is 5.75 Å². The molecule has 0 unspecified atom stereocenters. The highest BCUT2D eigenvalue weighted by atomic mass is 35.5. The van der Waals surface area contributed by atoms with E-state index in [1.54, 1.807) is 43.5 Å². The first-order valence-electron chi connectivity index (χ1n) is 6.91. The van der Waals surface area contributed by atoms with E-state index in [4.69, 9.17) is 21.1 Å². The molecule has 0 heterocycles. The van der Waals surface area contributed by atoms with Crippen LogP contribution >= 0.6 is 11.6 Å². The van der Waals surface area contributed by atoms with Gasteiger partial charge in [-0.15, -0.1) is 0 Å². The maximum absolute atomic E-state index is 11.8. The third kappa shape index (κ3) is 5.30. The Labute approximate surface area is 139 Å². The number of ether oxygens (including phenoxy) is 2. The van der Waals surface area contributed by atoms with Crippen molar-refractivity contribution in [2.75, 3.05) is 13.7 Å². The molecule has 120 valence electrons. The van der Waals surface area contributed by atoms with Crippen molar-refractivity contribution in [1.29, 1.82) is 0 Å². The number of carbonyl (C=O) groups is 2. The maximum atomic E-state index is 11.8. The van der Waals surface area contributed by atoms with E-state index in [2.05, 4.69) is 5.32 Å². The molecule has 0 aliphatic rings. The highest BCUT2D eigenvalue weighted by Gasteiger charge is 2.10. The SMILES string of the molecule is COc1ccc(C(=O)OCC(=O)NCc2ccc(Cl)cc2)cc1. The van der Waals surface area contributed by atoms with Crippen LogP contribution in [0, 0.1) is 0 Å². The molecule has 0 saturated carbocycles. The van der Waals surface area contributed by atoms with Crippen LogP contribution in [0.4, 0.5) is 0 Å². The van der Waals surface area contributed by atoms with E-state index in [9.17, 15) is 9.59 Å². The predicted molar refractivity (Wildman–Crippen MR) is 86.6 cm³/mol. The van der Waals surface area contributed by atoms with Gasteiger partial charge >= 0.3 is 5.97 Å². The van der Waals surface area contributed by atoms with Crippen LogP contribution in [0.3, 0.4) is 0 Å². The lowest BCUT2D eigenvalue weighted by Gasteiger charge is -2.07. The van der Waals surface area contributed by atoms with Gasteiger partial charge in [-0.1, -0.05) is 23.7 Å². The highest BCUT2D eigenvalue weighted by molar-refractivity contribution is 6.30. The van der Waals surface area contributed by atoms with E-state index in [1.807, 2.05) is 12.1 Å². The van der Waals surface area contributed by atoms with Crippen molar-refractivity contribution < 1.29 is 19.1 Å². The molecule has 2 rings (SSSR count). The lowest BCUT2D eigenvalue weighted by molar-refractivity contribution is -0.124. The summed E-state index contributed by atoms with van der Waals surface area (Å²) in [5, 5.41) is 3.30. The number of benzene rings is 2. The van der Waals surface area contributed by atoms with Crippen LogP contribution in [0.5, 0.6) is 5.75 Å². The molecule has 0 aromatic heterocycles. The maximum Gasteiger partial charge on any atom is 0.338 e. The number of nitrogens with one attached hydrogen (secondary N) is 1. The number of carbonyl (C=O) groups excluding carboxylic acids is 2. The minimum absolute atomic E-state index is 0.335. The van der Waals surface area contributed by atoms with Crippen molar-refractivity contribution >= 4 is 23.5 Å². The second-order valence-corrected chi connectivity index (χ2v) is 5.14. The Morgan fingerprint density at radius 3 is 2.30 bits per heavy atom. The number of hydrogen-bond acceptors (Lipinski definition) is 4. The van der Waals surface area contributed by atoms with Gasteiger partial charge in [-0.05, 0) is 42.0 Å². The van der Waals surface area contributed by atoms with Gasteiger partial charge in [0.05, 0.1) is 12.7 Å². The van der Waals surface area contributed by atoms with E-state index in [1.165, 1.54) is 0 Å². The monoisotopic (exact) mass is 333 g/mol. The number of halogens is 1. The number of esters is 1. The third-order valence-corrected chi connectivity index (χ3v) is 3.31. The lowest BCUT2D eigenvalue weighted by atomic mass is 10.2. The summed E-state index contributed by atoms with van der Waals surface area (Å²) < 4.78 is 9.96. The van der Waals surface area contributed by atoms with E-state index < -0.39 is 5.97 Å². The number of methoxy groups -OCH3 is 1. The largest absolute Gasteiger partial charge is 0.497 e. The lowest BCUT2D eigenvalue weighted by Crippen LogP contribution is -2.28. The molecule has 1 amide bonds. The van der Waals surface area contributed by atoms with Crippen molar-refractivity contribution in [1.82, 2.24) is 5.32 Å². The summed E-state index contributed by atoms with van der Waals surface area (Å²) in [4.78, 5) is 23.5. The van der Waals surface area contributed by atoms with Crippen LogP contribution < -0.4 is 10.1 Å². The molecule has 1 N–H and O–H groups in total. The van der Waals surface area contributed by atoms with Crippen LogP contribution in [0.1, 0.15) is 15.9 Å². The molecule has 6 heteroatoms. The molecule has 0 fully saturated rings. The van der Waals surface area contributed by atoms with Gasteiger partial charge in [0, 0.05) is 11.6 Å². The molecule has 0 aliphatic heterocycles. The topological polar surface area (TPSA) is 64.6 Å². The number of hydrogen-bond donors (Lipinski definition) is 1. The molecular weight excluding hydrogens is 318 g/mol. The zero-order chi connectivity index (χ0) is 16.7. The van der Waals surface area contributed by atoms with E-state index >= 15 is 0 Å². The summed E-state index contributed by atoms with van der Waals surface area (Å²) in [5.41, 5.74) is 1.26. The summed E-state index contributed by atoms with van der Waals surface area (Å²) in [5.74, 6) is -0.293. The highest BCUT2D eigenvalue weighted by Crippen LogP contribution is 2.12. The van der Waals surface area contributed by atoms with E-state index in [0.29, 0.717) is 22.9 Å². The molecule has 0 spiro atoms. The summed E-state index contributed by atoms with van der Waals surface area (Å²) in [6.45, 7) is 0.00847. The molecule has 5 nitrogen and oxygen atoms in total. The number of amides is 1. The summed E-state index contributed by atoms with van der Waals surface area (Å²) in [6.07, 6.45) is 0. The fourth-order valence-corrected chi connectivity index (χ4v) is 1.92. The Kier molecular flexibility index (Phi) is 6.00. The zero-order valence-electron chi connectivity index (χ0n) is 12.5.